The van der Waals surface area contributed by atoms with Crippen LogP contribution in [0.2, 0.25) is 0 Å². The largest absolute Gasteiger partial charge is 0.488 e. The number of nitrogens with zero attached hydrogens (tertiary/aromatic N) is 3. The fraction of sp³-hybridized carbons (Fsp3) is 0.469. The normalized spacial score (nSPS) is 22.1. The van der Waals surface area contributed by atoms with Crippen molar-refractivity contribution in [2.75, 3.05) is 44.3 Å². The number of morpholine rings is 1. The highest BCUT2D eigenvalue weighted by Crippen LogP contribution is 2.44. The molecule has 216 valence electrons. The number of carbonyl (C=O) groups is 2. The Kier molecular flexibility index (Phi) is 7.99. The number of benzene rings is 2. The van der Waals surface area contributed by atoms with Crippen molar-refractivity contribution in [3.05, 3.63) is 64.0 Å². The number of hydrogen-bond acceptors (Lipinski definition) is 7. The molecule has 41 heavy (non-hydrogen) atoms. The van der Waals surface area contributed by atoms with Crippen molar-refractivity contribution in [2.24, 2.45) is 17.8 Å². The van der Waals surface area contributed by atoms with E-state index in [-0.39, 0.29) is 23.7 Å². The summed E-state index contributed by atoms with van der Waals surface area (Å²) in [5.74, 6) is 0.341. The summed E-state index contributed by atoms with van der Waals surface area (Å²) < 4.78 is 11.8. The number of anilines is 1. The van der Waals surface area contributed by atoms with Crippen LogP contribution < -0.4 is 9.64 Å². The van der Waals surface area contributed by atoms with Gasteiger partial charge in [-0.05, 0) is 73.4 Å². The summed E-state index contributed by atoms with van der Waals surface area (Å²) in [6, 6.07) is 12.1. The van der Waals surface area contributed by atoms with Gasteiger partial charge in [0, 0.05) is 42.7 Å². The van der Waals surface area contributed by atoms with Gasteiger partial charge in [0.25, 0.3) is 5.91 Å². The van der Waals surface area contributed by atoms with Crippen LogP contribution in [0.4, 0.5) is 5.13 Å². The number of hydrogen-bond donors (Lipinski definition) is 1. The number of carboxylic acids is 1. The molecule has 2 bridgehead atoms. The standard InChI is InChI=1S/C32H37N3O5S/c1-3-21-15-22(30(36)34-10-12-39-13-11-34)5-8-25(21)18-40-28-9-4-20(2)14-26(28)27-19-41-32(33-27)35-16-23-6-7-24(17-35)29(23)31(37)38/h4-5,8-9,14-15,19,23-24,29H,3,6-7,10-13,16-18H2,1-2H3,(H,37,38)/t23-,24+,29+. The summed E-state index contributed by atoms with van der Waals surface area (Å²) in [6.07, 6.45) is 2.77. The number of carbonyl (C=O) groups excluding carboxylic acids is 1. The van der Waals surface area contributed by atoms with Crippen LogP contribution in [0.25, 0.3) is 11.3 Å². The molecule has 0 spiro atoms. The summed E-state index contributed by atoms with van der Waals surface area (Å²) in [4.78, 5) is 33.9. The number of aryl methyl sites for hydroxylation is 2. The average Bonchev–Trinajstić information content (AvgIpc) is 3.59. The number of amides is 1. The molecule has 2 saturated heterocycles. The summed E-state index contributed by atoms with van der Waals surface area (Å²) in [7, 11) is 0. The lowest BCUT2D eigenvalue weighted by Gasteiger charge is -2.35. The first-order valence-corrected chi connectivity index (χ1v) is 15.4. The van der Waals surface area contributed by atoms with Crippen molar-refractivity contribution >= 4 is 28.3 Å². The van der Waals surface area contributed by atoms with Gasteiger partial charge in [-0.3, -0.25) is 9.59 Å². The minimum Gasteiger partial charge on any atom is -0.488 e. The Morgan fingerprint density at radius 2 is 1.83 bits per heavy atom. The van der Waals surface area contributed by atoms with Crippen LogP contribution in [0.3, 0.4) is 0 Å². The Morgan fingerprint density at radius 1 is 1.07 bits per heavy atom. The molecule has 8 nitrogen and oxygen atoms in total. The van der Waals surface area contributed by atoms with Crippen LogP contribution in [0.15, 0.2) is 41.8 Å². The summed E-state index contributed by atoms with van der Waals surface area (Å²) in [5.41, 5.74) is 5.83. The van der Waals surface area contributed by atoms with Gasteiger partial charge < -0.3 is 24.4 Å². The smallest absolute Gasteiger partial charge is 0.307 e. The monoisotopic (exact) mass is 575 g/mol. The number of aliphatic carboxylic acids is 1. The number of carboxylic acid groups (broad SMARTS) is 1. The molecule has 3 aromatic rings. The lowest BCUT2D eigenvalue weighted by atomic mass is 9.85. The molecule has 3 atom stereocenters. The lowest BCUT2D eigenvalue weighted by molar-refractivity contribution is -0.144. The number of thiazole rings is 1. The summed E-state index contributed by atoms with van der Waals surface area (Å²) in [6.45, 7) is 8.49. The van der Waals surface area contributed by atoms with Crippen LogP contribution >= 0.6 is 11.3 Å². The summed E-state index contributed by atoms with van der Waals surface area (Å²) >= 11 is 1.61. The Bertz CT molecular complexity index is 1420. The van der Waals surface area contributed by atoms with E-state index in [0.717, 1.165) is 71.2 Å². The topological polar surface area (TPSA) is 92.2 Å². The number of fused-ring (bicyclic) bond motifs is 2. The van der Waals surface area contributed by atoms with Gasteiger partial charge in [0.1, 0.15) is 12.4 Å². The Morgan fingerprint density at radius 3 is 2.54 bits per heavy atom. The molecular weight excluding hydrogens is 538 g/mol. The van der Waals surface area contributed by atoms with Gasteiger partial charge in [-0.25, -0.2) is 4.98 Å². The van der Waals surface area contributed by atoms with Crippen LogP contribution in [0, 0.1) is 24.7 Å². The first-order chi connectivity index (χ1) is 19.9. The van der Waals surface area contributed by atoms with E-state index in [4.69, 9.17) is 14.5 Å². The molecule has 1 aromatic heterocycles. The Labute approximate surface area is 244 Å². The molecule has 0 radical (unpaired) electrons. The molecule has 6 rings (SSSR count). The number of ether oxygens (including phenoxy) is 2. The maximum atomic E-state index is 13.0. The lowest BCUT2D eigenvalue weighted by Crippen LogP contribution is -2.44. The third-order valence-corrected chi connectivity index (χ3v) is 9.71. The first-order valence-electron chi connectivity index (χ1n) is 14.6. The van der Waals surface area contributed by atoms with Gasteiger partial charge in [0.2, 0.25) is 0 Å². The van der Waals surface area contributed by atoms with Crippen LogP contribution in [0.1, 0.15) is 46.8 Å². The van der Waals surface area contributed by atoms with Gasteiger partial charge in [-0.2, -0.15) is 0 Å². The van der Waals surface area contributed by atoms with Crippen molar-refractivity contribution in [3.8, 4) is 17.0 Å². The highest BCUT2D eigenvalue weighted by Gasteiger charge is 2.46. The number of piperidine rings is 1. The fourth-order valence-electron chi connectivity index (χ4n) is 6.62. The van der Waals surface area contributed by atoms with E-state index in [1.165, 1.54) is 0 Å². The minimum absolute atomic E-state index is 0.0517. The molecule has 1 amide bonds. The quantitative estimate of drug-likeness (QED) is 0.391. The van der Waals surface area contributed by atoms with Gasteiger partial charge in [0.15, 0.2) is 5.13 Å². The SMILES string of the molecule is CCc1cc(C(=O)N2CCOCC2)ccc1COc1ccc(C)cc1-c1csc(N2C[C@H]3CC[C@@H](C2)[C@H]3C(=O)O)n1. The van der Waals surface area contributed by atoms with Gasteiger partial charge >= 0.3 is 5.97 Å². The van der Waals surface area contributed by atoms with E-state index in [0.29, 0.717) is 38.5 Å². The molecule has 3 heterocycles. The van der Waals surface area contributed by atoms with E-state index < -0.39 is 5.97 Å². The van der Waals surface area contributed by atoms with E-state index in [1.807, 2.05) is 35.2 Å². The zero-order chi connectivity index (χ0) is 28.5. The van der Waals surface area contributed by atoms with E-state index in [9.17, 15) is 14.7 Å². The maximum Gasteiger partial charge on any atom is 0.307 e. The van der Waals surface area contributed by atoms with Crippen molar-refractivity contribution in [1.29, 1.82) is 0 Å². The Balaban J connectivity index is 1.18. The number of rotatable bonds is 8. The second-order valence-corrected chi connectivity index (χ2v) is 12.2. The van der Waals surface area contributed by atoms with Crippen LogP contribution in [-0.4, -0.2) is 66.3 Å². The first kappa shape index (κ1) is 27.7. The third-order valence-electron chi connectivity index (χ3n) is 8.81. The zero-order valence-electron chi connectivity index (χ0n) is 23.7. The van der Waals surface area contributed by atoms with E-state index >= 15 is 0 Å². The average molecular weight is 576 g/mol. The zero-order valence-corrected chi connectivity index (χ0v) is 24.5. The third kappa shape index (κ3) is 5.70. The Hall–Kier alpha value is -3.43. The van der Waals surface area contributed by atoms with Gasteiger partial charge in [0.05, 0.1) is 24.8 Å². The highest BCUT2D eigenvalue weighted by atomic mass is 32.1. The van der Waals surface area contributed by atoms with Crippen LogP contribution in [-0.2, 0) is 22.6 Å². The van der Waals surface area contributed by atoms with Crippen molar-refractivity contribution in [3.63, 3.8) is 0 Å². The second-order valence-electron chi connectivity index (χ2n) is 11.4. The number of aromatic nitrogens is 1. The highest BCUT2D eigenvalue weighted by molar-refractivity contribution is 7.14. The molecule has 3 aliphatic rings. The molecule has 0 unspecified atom stereocenters. The fourth-order valence-corrected chi connectivity index (χ4v) is 7.46. The van der Waals surface area contributed by atoms with Gasteiger partial charge in [-0.15, -0.1) is 11.3 Å². The van der Waals surface area contributed by atoms with Crippen molar-refractivity contribution in [2.45, 2.75) is 39.7 Å². The molecule has 1 N–H and O–H groups in total. The summed E-state index contributed by atoms with van der Waals surface area (Å²) in [5, 5.41) is 12.7. The van der Waals surface area contributed by atoms with Crippen molar-refractivity contribution in [1.82, 2.24) is 9.88 Å². The second kappa shape index (κ2) is 11.8. The van der Waals surface area contributed by atoms with Gasteiger partial charge in [-0.1, -0.05) is 24.6 Å². The van der Waals surface area contributed by atoms with E-state index in [1.54, 1.807) is 11.3 Å². The molecule has 3 fully saturated rings. The van der Waals surface area contributed by atoms with E-state index in [2.05, 4.69) is 30.2 Å². The minimum atomic E-state index is -0.650. The predicted molar refractivity (Wildman–Crippen MR) is 159 cm³/mol. The predicted octanol–water partition coefficient (Wildman–Crippen LogP) is 5.28. The van der Waals surface area contributed by atoms with Crippen LogP contribution in [0.5, 0.6) is 5.75 Å². The van der Waals surface area contributed by atoms with Crippen molar-refractivity contribution < 1.29 is 24.2 Å². The molecule has 1 saturated carbocycles. The molecule has 2 aromatic carbocycles. The molecule has 2 aliphatic heterocycles. The molecular formula is C32H37N3O5S. The maximum absolute atomic E-state index is 13.0. The molecule has 9 heteroatoms. The molecule has 1 aliphatic carbocycles.